The number of rotatable bonds is 5. The second-order valence-corrected chi connectivity index (χ2v) is 20.4. The summed E-state index contributed by atoms with van der Waals surface area (Å²) >= 11 is 2.07. The number of benzene rings is 5. The Labute approximate surface area is 455 Å². The van der Waals surface area contributed by atoms with Crippen LogP contribution < -0.4 is 36.1 Å². The third kappa shape index (κ3) is 11.4. The molecule has 6 aromatic rings. The van der Waals surface area contributed by atoms with Crippen molar-refractivity contribution in [2.45, 2.75) is 76.3 Å². The Morgan fingerprint density at radius 3 is 1.90 bits per heavy atom. The topological polar surface area (TPSA) is 255 Å². The molecule has 1 fully saturated rings. The molecule has 0 spiro atoms. The Morgan fingerprint density at radius 1 is 0.649 bits per heavy atom. The maximum absolute atomic E-state index is 14.8. The molecule has 5 aliphatic heterocycles. The van der Waals surface area contributed by atoms with Gasteiger partial charge < -0.3 is 50.3 Å². The number of Topliss-reactive ketones (excluding diaryl/α,β-unsaturated/α-hetero) is 1. The molecule has 12 rings (SSSR count). The number of phenolic OH excluding ortho intramolecular Hbond substituents is 2. The molecule has 0 saturated carbocycles. The molecule has 1 atom stereocenters. The predicted molar refractivity (Wildman–Crippen MR) is 288 cm³/mol. The highest BCUT2D eigenvalue weighted by molar-refractivity contribution is 14.1. The van der Waals surface area contributed by atoms with Crippen molar-refractivity contribution < 1.29 is 62.1 Å². The van der Waals surface area contributed by atoms with E-state index in [1.165, 1.54) is 24.1 Å². The summed E-state index contributed by atoms with van der Waals surface area (Å²) in [5.74, 6) is -1.06. The average Bonchev–Trinajstić information content (AvgIpc) is 3.85. The summed E-state index contributed by atoms with van der Waals surface area (Å²) in [4.78, 5) is 87.0. The van der Waals surface area contributed by atoms with Gasteiger partial charge >= 0.3 is 6.03 Å². The molecule has 1 aliphatic carbocycles. The number of phenols is 2. The number of aryl methyl sites for hydroxylation is 4. The molecule has 7 amide bonds. The fraction of sp³-hybridized carbons (Fsp3) is 0.316. The molecule has 18 nitrogen and oxygen atoms in total. The average molecular weight is 1160 g/mol. The van der Waals surface area contributed by atoms with Crippen molar-refractivity contribution >= 4 is 74.9 Å². The van der Waals surface area contributed by atoms with E-state index in [4.69, 9.17) is 13.9 Å². The van der Waals surface area contributed by atoms with E-state index in [0.29, 0.717) is 52.7 Å². The van der Waals surface area contributed by atoms with Crippen LogP contribution in [0.1, 0.15) is 124 Å². The van der Waals surface area contributed by atoms with Gasteiger partial charge in [0.15, 0.2) is 22.9 Å². The zero-order valence-corrected chi connectivity index (χ0v) is 44.4. The maximum Gasteiger partial charge on any atom is 0.322 e. The maximum atomic E-state index is 14.8. The summed E-state index contributed by atoms with van der Waals surface area (Å²) in [6, 6.07) is 21.6. The van der Waals surface area contributed by atoms with Gasteiger partial charge in [0.05, 0.1) is 29.9 Å². The molecule has 6 heterocycles. The molecule has 1 aromatic heterocycles. The third-order valence-corrected chi connectivity index (χ3v) is 15.1. The number of amides is 7. The number of carbonyl (C=O) groups excluding carboxylic acids is 7. The molecule has 7 N–H and O–H groups in total. The molecule has 20 heteroatoms. The van der Waals surface area contributed by atoms with Gasteiger partial charge in [-0.25, -0.2) is 9.18 Å². The van der Waals surface area contributed by atoms with Crippen molar-refractivity contribution in [3.05, 3.63) is 150 Å². The van der Waals surface area contributed by atoms with Crippen molar-refractivity contribution in [3.8, 4) is 23.0 Å². The number of methoxy groups -OCH3 is 2. The lowest BCUT2D eigenvalue weighted by atomic mass is 9.94. The van der Waals surface area contributed by atoms with Crippen LogP contribution in [0.3, 0.4) is 0 Å². The van der Waals surface area contributed by atoms with Crippen LogP contribution in [0, 0.1) is 9.39 Å². The molecule has 0 radical (unpaired) electrons. The third-order valence-electron chi connectivity index (χ3n) is 14.3. The lowest BCUT2D eigenvalue weighted by Gasteiger charge is -2.29. The Morgan fingerprint density at radius 2 is 1.25 bits per heavy atom. The van der Waals surface area contributed by atoms with E-state index in [0.717, 1.165) is 101 Å². The fourth-order valence-corrected chi connectivity index (χ4v) is 10.8. The molecule has 0 bridgehead atoms. The van der Waals surface area contributed by atoms with Gasteiger partial charge in [-0.3, -0.25) is 34.1 Å². The number of ether oxygens (including phenoxy) is 2. The van der Waals surface area contributed by atoms with Crippen LogP contribution in [-0.2, 0) is 42.6 Å². The standard InChI is InChI=1S/C26H22FN3O6.C11H13NO2.C10H10INO2.C10H11NO2/c1-35-18-7-6-14-11-30(23(32)21(14)22(18)27)12-26(24(33)28-25(34)29-26)20-9-15-8-13-4-2-3-5-17(31)16(13)10-19(15)36-20;1-14-9-5-4-8-3-2-6-12-11(13)10(8)7-9;11-8-4-6-2-1-3-12-10(14)7(6)5-9(8)13;12-8-4-3-7-2-1-5-11-10(13)9(7)6-8/h6-10H,2-5,11-12H2,1H3,(H2,28,29,33,34);4-5,7H,2-3,6H2,1H3,(H,12,13);4-5,13H,1-3H2,(H,12,14);3-4,6,12H,1-2,5H2,(H,11,13)/t26-;;;/m0.../s1. The van der Waals surface area contributed by atoms with E-state index >= 15 is 0 Å². The number of furan rings is 1. The van der Waals surface area contributed by atoms with Crippen LogP contribution in [0.15, 0.2) is 83.3 Å². The minimum atomic E-state index is -1.73. The van der Waals surface area contributed by atoms with Gasteiger partial charge in [-0.05, 0) is 169 Å². The highest BCUT2D eigenvalue weighted by atomic mass is 127. The second-order valence-electron chi connectivity index (χ2n) is 19.3. The van der Waals surface area contributed by atoms with Gasteiger partial charge in [-0.2, -0.15) is 0 Å². The minimum absolute atomic E-state index is 0.0106. The van der Waals surface area contributed by atoms with E-state index in [2.05, 4.69) is 49.2 Å². The van der Waals surface area contributed by atoms with E-state index in [9.17, 15) is 48.2 Å². The molecule has 400 valence electrons. The Balaban J connectivity index is 0.000000144. The SMILES string of the molecule is COc1ccc2c(c1)C(=O)NCCC2.COc1ccc2c(c1F)C(=O)N(C[C@@]1(c3cc4cc5c(cc4o3)C(=O)CCCC5)NC(=O)NC1=O)C2.O=C1NCCCc2cc(I)c(O)cc21.O=C1NCCCc2ccc(O)cc21. The molecule has 0 unspecified atom stereocenters. The van der Waals surface area contributed by atoms with Crippen molar-refractivity contribution in [1.29, 1.82) is 0 Å². The summed E-state index contributed by atoms with van der Waals surface area (Å²) < 4.78 is 31.8. The number of fused-ring (bicyclic) bond motifs is 6. The van der Waals surface area contributed by atoms with Gasteiger partial charge in [0.1, 0.15) is 28.6 Å². The first kappa shape index (κ1) is 53.8. The van der Waals surface area contributed by atoms with Gasteiger partial charge in [0.25, 0.3) is 29.5 Å². The molecule has 5 aromatic carbocycles. The van der Waals surface area contributed by atoms with Gasteiger partial charge in [-0.15, -0.1) is 0 Å². The molecular weight excluding hydrogens is 1110 g/mol. The normalized spacial score (nSPS) is 18.3. The number of nitrogens with zero attached hydrogens (tertiary/aromatic N) is 1. The largest absolute Gasteiger partial charge is 0.508 e. The number of hydrogen-bond acceptors (Lipinski definition) is 12. The molecule has 6 aliphatic rings. The molecular formula is C57H56FIN6O12. The lowest BCUT2D eigenvalue weighted by molar-refractivity contribution is -0.125. The minimum Gasteiger partial charge on any atom is -0.508 e. The van der Waals surface area contributed by atoms with Crippen molar-refractivity contribution in [3.63, 3.8) is 0 Å². The Bertz CT molecular complexity index is 3380. The highest BCUT2D eigenvalue weighted by Crippen LogP contribution is 2.38. The number of nitrogens with one attached hydrogen (secondary N) is 5. The van der Waals surface area contributed by atoms with Gasteiger partial charge in [-0.1, -0.05) is 18.2 Å². The van der Waals surface area contributed by atoms with Crippen LogP contribution in [0.5, 0.6) is 23.0 Å². The number of aromatic hydroxyl groups is 2. The van der Waals surface area contributed by atoms with E-state index in [1.54, 1.807) is 43.5 Å². The summed E-state index contributed by atoms with van der Waals surface area (Å²) in [6.45, 7) is 1.95. The zero-order valence-electron chi connectivity index (χ0n) is 42.3. The van der Waals surface area contributed by atoms with Crippen LogP contribution in [0.4, 0.5) is 9.18 Å². The second kappa shape index (κ2) is 23.1. The van der Waals surface area contributed by atoms with Crippen molar-refractivity contribution in [1.82, 2.24) is 31.5 Å². The van der Waals surface area contributed by atoms with Gasteiger partial charge in [0, 0.05) is 60.2 Å². The summed E-state index contributed by atoms with van der Waals surface area (Å²) in [5.41, 5.74) is 5.65. The zero-order chi connectivity index (χ0) is 54.5. The van der Waals surface area contributed by atoms with E-state index < -0.39 is 29.2 Å². The monoisotopic (exact) mass is 1160 g/mol. The van der Waals surface area contributed by atoms with Crippen LogP contribution in [0.25, 0.3) is 11.0 Å². The summed E-state index contributed by atoms with van der Waals surface area (Å²) in [6.07, 6.45) is 8.62. The van der Waals surface area contributed by atoms with Crippen LogP contribution >= 0.6 is 22.6 Å². The number of carbonyl (C=O) groups is 7. The van der Waals surface area contributed by atoms with Crippen LogP contribution in [0.2, 0.25) is 0 Å². The highest BCUT2D eigenvalue weighted by Gasteiger charge is 2.53. The molecule has 77 heavy (non-hydrogen) atoms. The number of hydrogen-bond donors (Lipinski definition) is 7. The fourth-order valence-electron chi connectivity index (χ4n) is 10.2. The number of ketones is 1. The predicted octanol–water partition coefficient (Wildman–Crippen LogP) is 7.29. The Hall–Kier alpha value is -8.01. The Kier molecular flexibility index (Phi) is 16.1. The van der Waals surface area contributed by atoms with Crippen LogP contribution in [-0.4, -0.2) is 96.9 Å². The number of imide groups is 1. The van der Waals surface area contributed by atoms with E-state index in [-0.39, 0.29) is 65.2 Å². The smallest absolute Gasteiger partial charge is 0.322 e. The quantitative estimate of drug-likeness (QED) is 0.0510. The lowest BCUT2D eigenvalue weighted by Crippen LogP contribution is -2.52. The van der Waals surface area contributed by atoms with Gasteiger partial charge in [0.2, 0.25) is 0 Å². The summed E-state index contributed by atoms with van der Waals surface area (Å²) in [5, 5.41) is 32.7. The first-order valence-electron chi connectivity index (χ1n) is 25.3. The van der Waals surface area contributed by atoms with E-state index in [1.807, 2.05) is 30.3 Å². The van der Waals surface area contributed by atoms with Crippen molar-refractivity contribution in [2.75, 3.05) is 40.4 Å². The molecule has 1 saturated heterocycles. The first-order valence-corrected chi connectivity index (χ1v) is 26.4. The van der Waals surface area contributed by atoms with Crippen molar-refractivity contribution in [2.24, 2.45) is 0 Å². The number of halogens is 2. The first-order chi connectivity index (χ1) is 37.1. The summed E-state index contributed by atoms with van der Waals surface area (Å²) in [7, 11) is 2.92. The number of urea groups is 1.